The molecule has 0 aliphatic heterocycles. The Hall–Kier alpha value is -16.4. The summed E-state index contributed by atoms with van der Waals surface area (Å²) in [7, 11) is 0. The zero-order chi connectivity index (χ0) is 85.2. The highest BCUT2D eigenvalue weighted by molar-refractivity contribution is 5.84. The lowest BCUT2D eigenvalue weighted by molar-refractivity contribution is 1.59. The van der Waals surface area contributed by atoms with Crippen LogP contribution >= 0.6 is 0 Å². The summed E-state index contributed by atoms with van der Waals surface area (Å²) >= 11 is 0. The minimum Gasteiger partial charge on any atom is -0.0622 e. The summed E-state index contributed by atoms with van der Waals surface area (Å²) in [6.07, 6.45) is 64.9. The Balaban J connectivity index is 0.412. The van der Waals surface area contributed by atoms with Gasteiger partial charge in [-0.1, -0.05) is 583 Å². The van der Waals surface area contributed by atoms with E-state index in [2.05, 4.69) is 571 Å². The van der Waals surface area contributed by atoms with Crippen LogP contribution in [0.5, 0.6) is 0 Å². The van der Waals surface area contributed by atoms with Gasteiger partial charge in [-0.05, 0) is 167 Å². The first-order valence-electron chi connectivity index (χ1n) is 43.0. The van der Waals surface area contributed by atoms with Crippen molar-refractivity contribution in [3.05, 3.63) is 567 Å². The second-order valence-corrected chi connectivity index (χ2v) is 31.2. The predicted molar refractivity (Wildman–Crippen MR) is 557 cm³/mol. The van der Waals surface area contributed by atoms with E-state index in [-0.39, 0.29) is 0 Å². The van der Waals surface area contributed by atoms with Crippen molar-refractivity contribution in [3.8, 4) is 0 Å². The van der Waals surface area contributed by atoms with Gasteiger partial charge in [-0.25, -0.2) is 0 Å². The Kier molecular flexibility index (Phi) is 28.9. The molecular formula is C126H96. The lowest BCUT2D eigenvalue weighted by Crippen LogP contribution is -1.79. The molecule has 0 atom stereocenters. The van der Waals surface area contributed by atoms with Gasteiger partial charge in [-0.3, -0.25) is 0 Å². The van der Waals surface area contributed by atoms with Gasteiger partial charge >= 0.3 is 0 Å². The van der Waals surface area contributed by atoms with Crippen LogP contribution in [0.15, 0.2) is 400 Å². The van der Waals surface area contributed by atoms with Crippen LogP contribution in [0.3, 0.4) is 0 Å². The second kappa shape index (κ2) is 43.7. The van der Waals surface area contributed by atoms with Crippen molar-refractivity contribution in [2.75, 3.05) is 0 Å². The molecule has 0 heteroatoms. The molecule has 0 spiro atoms. The molecule has 0 nitrogen and oxygen atoms in total. The summed E-state index contributed by atoms with van der Waals surface area (Å²) in [6, 6.07) is 142. The van der Waals surface area contributed by atoms with Gasteiger partial charge in [-0.2, -0.15) is 0 Å². The van der Waals surface area contributed by atoms with E-state index < -0.39 is 0 Å². The zero-order valence-electron chi connectivity index (χ0n) is 70.4. The first-order chi connectivity index (χ1) is 62.2. The molecule has 0 aromatic heterocycles. The quantitative estimate of drug-likeness (QED) is 0.0394. The molecule has 0 amide bonds. The van der Waals surface area contributed by atoms with E-state index in [1.165, 1.54) is 55.6 Å². The maximum absolute atomic E-state index is 2.17. The summed E-state index contributed by atoms with van der Waals surface area (Å²) in [5.74, 6) is 0. The van der Waals surface area contributed by atoms with Crippen molar-refractivity contribution < 1.29 is 0 Å². The molecule has 0 fully saturated rings. The molecule has 16 rings (SSSR count). The van der Waals surface area contributed by atoms with Crippen molar-refractivity contribution in [1.82, 2.24) is 0 Å². The molecule has 600 valence electrons. The summed E-state index contributed by atoms with van der Waals surface area (Å²) < 4.78 is 0. The highest BCUT2D eigenvalue weighted by Gasteiger charge is 2.03. The van der Waals surface area contributed by atoms with Crippen LogP contribution in [-0.2, 0) is 0 Å². The Morgan fingerprint density at radius 3 is 0.159 bits per heavy atom. The van der Waals surface area contributed by atoms with Gasteiger partial charge in [0, 0.05) is 0 Å². The van der Waals surface area contributed by atoms with Crippen LogP contribution in [0.1, 0.15) is 167 Å². The molecule has 0 saturated heterocycles. The molecule has 16 aromatic rings. The Morgan fingerprint density at radius 1 is 0.0556 bits per heavy atom. The first kappa shape index (κ1) is 83.3. The maximum Gasteiger partial charge on any atom is -0.0256 e. The van der Waals surface area contributed by atoms with E-state index >= 15 is 0 Å². The van der Waals surface area contributed by atoms with Gasteiger partial charge in [0.15, 0.2) is 0 Å². The molecule has 0 saturated carbocycles. The monoisotopic (exact) mass is 1610 g/mol. The van der Waals surface area contributed by atoms with Gasteiger partial charge in [-0.15, -0.1) is 0 Å². The highest BCUT2D eigenvalue weighted by Crippen LogP contribution is 2.25. The lowest BCUT2D eigenvalue weighted by atomic mass is 10.1. The first-order valence-corrected chi connectivity index (χ1v) is 43.0. The zero-order valence-corrected chi connectivity index (χ0v) is 70.4. The van der Waals surface area contributed by atoms with Crippen molar-refractivity contribution in [1.29, 1.82) is 0 Å². The third kappa shape index (κ3) is 26.6. The molecule has 126 heavy (non-hydrogen) atoms. The van der Waals surface area contributed by atoms with E-state index in [1.54, 1.807) is 0 Å². The molecular weight excluding hydrogens is 1510 g/mol. The molecule has 0 aliphatic carbocycles. The fraction of sp³-hybridized carbons (Fsp3) is 0. The fourth-order valence-corrected chi connectivity index (χ4v) is 14.1. The largest absolute Gasteiger partial charge is 0.0622 e. The van der Waals surface area contributed by atoms with Crippen molar-refractivity contribution in [2.24, 2.45) is 0 Å². The Morgan fingerprint density at radius 2 is 0.103 bits per heavy atom. The molecule has 0 heterocycles. The summed E-state index contributed by atoms with van der Waals surface area (Å²) in [6.45, 7) is 0. The van der Waals surface area contributed by atoms with E-state index in [0.717, 1.165) is 111 Å². The summed E-state index contributed by atoms with van der Waals surface area (Å²) in [4.78, 5) is 0. The molecule has 0 bridgehead atoms. The Labute approximate surface area is 744 Å². The fourth-order valence-electron chi connectivity index (χ4n) is 14.1. The van der Waals surface area contributed by atoms with Crippen LogP contribution in [-0.4, -0.2) is 0 Å². The smallest absolute Gasteiger partial charge is 0.0256 e. The van der Waals surface area contributed by atoms with Crippen LogP contribution in [0.4, 0.5) is 0 Å². The van der Waals surface area contributed by atoms with Gasteiger partial charge < -0.3 is 0 Å². The van der Waals surface area contributed by atoms with Crippen LogP contribution < -0.4 is 0 Å². The topological polar surface area (TPSA) is 0 Å². The third-order valence-electron chi connectivity index (χ3n) is 21.7. The molecule has 0 radical (unpaired) electrons. The van der Waals surface area contributed by atoms with E-state index in [1.807, 2.05) is 12.1 Å². The van der Waals surface area contributed by atoms with Crippen molar-refractivity contribution >= 4 is 182 Å². The number of rotatable bonds is 30. The van der Waals surface area contributed by atoms with Crippen molar-refractivity contribution in [2.45, 2.75) is 0 Å². The van der Waals surface area contributed by atoms with Crippen LogP contribution in [0.2, 0.25) is 0 Å². The normalized spacial score (nSPS) is 12.3. The van der Waals surface area contributed by atoms with Crippen LogP contribution in [0.25, 0.3) is 182 Å². The molecule has 0 N–H and O–H groups in total. The average Bonchev–Trinajstić information content (AvgIpc) is 0.880. The predicted octanol–water partition coefficient (Wildman–Crippen LogP) is 34.2. The van der Waals surface area contributed by atoms with Gasteiger partial charge in [0.2, 0.25) is 0 Å². The SMILES string of the molecule is C(=C/c1ccc(/C=C/c2ccc(/C=C/c3ccc(/C=C/c4ccc(/C=C/c5ccc(/C=C/c6ccc(/C=C/c7ccc(/C=C/c8ccc(/C=C/c9ccccc9)cc8)cc7)cc6)cc5)cc4)cc3)cc2)cc1)/c1ccc(/C=C/c2ccc(/C=C/c3ccc(/C=C/c4ccc(/C=C/c5ccc(/C=C/c6ccc(/C=C/c7ccccc7)cc6)cc5)cc4)cc3)cc2)cc1. The van der Waals surface area contributed by atoms with Gasteiger partial charge in [0.25, 0.3) is 0 Å². The van der Waals surface area contributed by atoms with E-state index in [4.69, 9.17) is 0 Å². The van der Waals surface area contributed by atoms with E-state index in [0.29, 0.717) is 0 Å². The number of hydrogen-bond acceptors (Lipinski definition) is 0. The second-order valence-electron chi connectivity index (χ2n) is 31.2. The standard InChI is InChI=1S/C126H96/c1-3-7-97(8-4-1)11-13-99-15-19-101(20-16-99)23-25-103-27-31-105(32-28-103)35-37-107-39-43-109(44-40-107)47-49-111-51-55-113(56-52-111)59-61-115-63-67-117(68-64-115)71-73-119-75-79-121(80-76-119)83-85-123-87-91-125(92-88-123)95-96-126-93-89-124(90-94-126)86-84-122-81-77-120(78-82-122)74-72-118-69-65-116(66-70-118)62-60-114-57-53-112(54-58-114)50-48-110-45-41-108(42-46-110)38-36-106-33-29-104(30-34-106)26-24-102-21-17-100(18-22-102)14-12-98-9-5-2-6-10-98/h1-96H/b13-11+,14-12+,25-23+,26-24+,37-35+,38-36+,49-47+,50-48+,61-59+,62-60+,73-71+,74-72+,85-83-,86-84+,96-95+. The highest BCUT2D eigenvalue weighted by atomic mass is 14.1. The van der Waals surface area contributed by atoms with E-state index in [9.17, 15) is 0 Å². The Bertz CT molecular complexity index is 6130. The molecule has 0 aliphatic rings. The minimum atomic E-state index is 1.16. The van der Waals surface area contributed by atoms with Gasteiger partial charge in [0.05, 0.1) is 0 Å². The number of hydrogen-bond donors (Lipinski definition) is 0. The summed E-state index contributed by atoms with van der Waals surface area (Å²) in [5.41, 5.74) is 35.0. The van der Waals surface area contributed by atoms with Crippen molar-refractivity contribution in [3.63, 3.8) is 0 Å². The number of benzene rings is 16. The van der Waals surface area contributed by atoms with Crippen LogP contribution in [0, 0.1) is 0 Å². The summed E-state index contributed by atoms with van der Waals surface area (Å²) in [5, 5.41) is 0. The van der Waals surface area contributed by atoms with Gasteiger partial charge in [0.1, 0.15) is 0 Å². The third-order valence-corrected chi connectivity index (χ3v) is 21.7. The molecule has 16 aromatic carbocycles. The lowest BCUT2D eigenvalue weighted by Gasteiger charge is -2.00. The maximum atomic E-state index is 2.17. The molecule has 0 unspecified atom stereocenters. The average molecular weight is 1610 g/mol. The minimum absolute atomic E-state index is 1.16.